The number of allylic oxidation sites excluding steroid dienone is 3. The molecule has 1 fully saturated rings. The lowest BCUT2D eigenvalue weighted by molar-refractivity contribution is -0.419. The molecule has 0 aromatic heterocycles. The van der Waals surface area contributed by atoms with E-state index in [0.29, 0.717) is 5.92 Å². The van der Waals surface area contributed by atoms with Gasteiger partial charge in [-0.25, -0.2) is 0 Å². The minimum atomic E-state index is -0.320. The van der Waals surface area contributed by atoms with Crippen LogP contribution in [0.15, 0.2) is 23.9 Å². The molecule has 0 N–H and O–H groups in total. The molecule has 0 aromatic rings. The summed E-state index contributed by atoms with van der Waals surface area (Å²) in [7, 11) is 0. The number of rotatable bonds is 2. The summed E-state index contributed by atoms with van der Waals surface area (Å²) in [6, 6.07) is 0. The van der Waals surface area contributed by atoms with Crippen LogP contribution < -0.4 is 0 Å². The van der Waals surface area contributed by atoms with Crippen molar-refractivity contribution < 1.29 is 4.92 Å². The van der Waals surface area contributed by atoms with Crippen molar-refractivity contribution in [2.75, 3.05) is 0 Å². The number of nitro groups is 1. The van der Waals surface area contributed by atoms with E-state index >= 15 is 0 Å². The lowest BCUT2D eigenvalue weighted by Crippen LogP contribution is -2.05. The van der Waals surface area contributed by atoms with Crippen molar-refractivity contribution in [2.24, 2.45) is 11.8 Å². The fraction of sp³-hybridized carbons (Fsp3) is 0.556. The maximum Gasteiger partial charge on any atom is 0.265 e. The van der Waals surface area contributed by atoms with Crippen LogP contribution in [0.25, 0.3) is 0 Å². The summed E-state index contributed by atoms with van der Waals surface area (Å²) in [5.74, 6) is 1.39. The average molecular weight is 165 g/mol. The third-order valence-corrected chi connectivity index (χ3v) is 2.55. The summed E-state index contributed by atoms with van der Waals surface area (Å²) >= 11 is 0. The summed E-state index contributed by atoms with van der Waals surface area (Å²) in [6.45, 7) is 0. The zero-order valence-corrected chi connectivity index (χ0v) is 6.77. The predicted molar refractivity (Wildman–Crippen MR) is 45.0 cm³/mol. The van der Waals surface area contributed by atoms with E-state index in [2.05, 4.69) is 0 Å². The smallest absolute Gasteiger partial charge is 0.258 e. The van der Waals surface area contributed by atoms with Crippen molar-refractivity contribution in [1.29, 1.82) is 0 Å². The van der Waals surface area contributed by atoms with Crippen molar-refractivity contribution in [2.45, 2.75) is 19.3 Å². The number of hydrogen-bond donors (Lipinski definition) is 0. The van der Waals surface area contributed by atoms with E-state index in [0.717, 1.165) is 12.3 Å². The fourth-order valence-electron chi connectivity index (χ4n) is 1.63. The van der Waals surface area contributed by atoms with Crippen LogP contribution in [0.3, 0.4) is 0 Å². The van der Waals surface area contributed by atoms with Crippen molar-refractivity contribution >= 4 is 0 Å². The molecule has 0 saturated heterocycles. The van der Waals surface area contributed by atoms with E-state index in [1.807, 2.05) is 6.08 Å². The third-order valence-electron chi connectivity index (χ3n) is 2.55. The normalized spacial score (nSPS) is 28.3. The van der Waals surface area contributed by atoms with Gasteiger partial charge in [-0.05, 0) is 37.2 Å². The highest BCUT2D eigenvalue weighted by Crippen LogP contribution is 2.40. The Morgan fingerprint density at radius 3 is 2.67 bits per heavy atom. The molecule has 0 heterocycles. The van der Waals surface area contributed by atoms with Crippen LogP contribution in [0.5, 0.6) is 0 Å². The van der Waals surface area contributed by atoms with Gasteiger partial charge in [-0.15, -0.1) is 0 Å². The van der Waals surface area contributed by atoms with Gasteiger partial charge in [0.15, 0.2) is 0 Å². The van der Waals surface area contributed by atoms with Crippen molar-refractivity contribution in [1.82, 2.24) is 0 Å². The summed E-state index contributed by atoms with van der Waals surface area (Å²) in [6.07, 6.45) is 8.84. The van der Waals surface area contributed by atoms with Crippen LogP contribution in [0.1, 0.15) is 19.3 Å². The van der Waals surface area contributed by atoms with Gasteiger partial charge >= 0.3 is 0 Å². The molecule has 64 valence electrons. The molecule has 1 saturated carbocycles. The molecule has 2 aliphatic carbocycles. The Hall–Kier alpha value is -1.12. The summed E-state index contributed by atoms with van der Waals surface area (Å²) in [4.78, 5) is 10.0. The van der Waals surface area contributed by atoms with Crippen LogP contribution in [-0.2, 0) is 0 Å². The van der Waals surface area contributed by atoms with Crippen molar-refractivity contribution in [3.8, 4) is 0 Å². The molecule has 0 aliphatic heterocycles. The lowest BCUT2D eigenvalue weighted by Gasteiger charge is -2.10. The highest BCUT2D eigenvalue weighted by Gasteiger charge is 2.30. The maximum atomic E-state index is 10.3. The molecule has 1 unspecified atom stereocenters. The van der Waals surface area contributed by atoms with Gasteiger partial charge in [-0.3, -0.25) is 10.1 Å². The lowest BCUT2D eigenvalue weighted by atomic mass is 9.95. The molecule has 0 spiro atoms. The third kappa shape index (κ3) is 1.40. The highest BCUT2D eigenvalue weighted by atomic mass is 16.6. The molecule has 3 nitrogen and oxygen atoms in total. The molecule has 1 atom stereocenters. The second kappa shape index (κ2) is 2.73. The first-order valence-corrected chi connectivity index (χ1v) is 4.30. The Morgan fingerprint density at radius 1 is 1.50 bits per heavy atom. The topological polar surface area (TPSA) is 43.1 Å². The SMILES string of the molecule is O=[N+]([O-])C1=CCC(C2CC2)C=C1. The van der Waals surface area contributed by atoms with E-state index < -0.39 is 0 Å². The minimum Gasteiger partial charge on any atom is -0.258 e. The molecular formula is C9H11NO2. The Morgan fingerprint density at radius 2 is 2.25 bits per heavy atom. The summed E-state index contributed by atoms with van der Waals surface area (Å²) in [5, 5.41) is 10.3. The van der Waals surface area contributed by atoms with Gasteiger partial charge in [-0.1, -0.05) is 6.08 Å². The van der Waals surface area contributed by atoms with E-state index in [4.69, 9.17) is 0 Å². The quantitative estimate of drug-likeness (QED) is 0.464. The van der Waals surface area contributed by atoms with Gasteiger partial charge in [0.25, 0.3) is 5.70 Å². The second-order valence-electron chi connectivity index (χ2n) is 3.48. The standard InChI is InChI=1S/C9H11NO2/c11-10(12)9-5-3-8(4-6-9)7-1-2-7/h3,5-8H,1-2,4H2. The Labute approximate surface area is 70.9 Å². The van der Waals surface area contributed by atoms with Crippen LogP contribution >= 0.6 is 0 Å². The zero-order valence-electron chi connectivity index (χ0n) is 6.77. The van der Waals surface area contributed by atoms with Crippen LogP contribution in [0.2, 0.25) is 0 Å². The molecule has 2 rings (SSSR count). The van der Waals surface area contributed by atoms with Crippen LogP contribution in [0, 0.1) is 22.0 Å². The van der Waals surface area contributed by atoms with E-state index in [1.165, 1.54) is 12.8 Å². The summed E-state index contributed by atoms with van der Waals surface area (Å²) in [5.41, 5.74) is 0.256. The van der Waals surface area contributed by atoms with E-state index in [9.17, 15) is 10.1 Å². The van der Waals surface area contributed by atoms with Crippen molar-refractivity contribution in [3.63, 3.8) is 0 Å². The molecule has 3 heteroatoms. The number of nitrogens with zero attached hydrogens (tertiary/aromatic N) is 1. The van der Waals surface area contributed by atoms with Gasteiger partial charge in [0.1, 0.15) is 0 Å². The van der Waals surface area contributed by atoms with Crippen LogP contribution in [-0.4, -0.2) is 4.92 Å². The maximum absolute atomic E-state index is 10.3. The molecule has 0 amide bonds. The highest BCUT2D eigenvalue weighted by molar-refractivity contribution is 5.18. The van der Waals surface area contributed by atoms with Gasteiger partial charge in [-0.2, -0.15) is 0 Å². The Balaban J connectivity index is 2.00. The molecule has 0 aromatic carbocycles. The molecule has 0 radical (unpaired) electrons. The molecular weight excluding hydrogens is 154 g/mol. The average Bonchev–Trinajstić information content (AvgIpc) is 2.87. The van der Waals surface area contributed by atoms with E-state index in [1.54, 1.807) is 12.2 Å². The first-order chi connectivity index (χ1) is 5.77. The Kier molecular flexibility index (Phi) is 1.71. The predicted octanol–water partition coefficient (Wildman–Crippen LogP) is 2.13. The van der Waals surface area contributed by atoms with Gasteiger partial charge in [0.2, 0.25) is 0 Å². The van der Waals surface area contributed by atoms with Crippen LogP contribution in [0.4, 0.5) is 0 Å². The fourth-order valence-corrected chi connectivity index (χ4v) is 1.63. The first-order valence-electron chi connectivity index (χ1n) is 4.30. The molecule has 0 bridgehead atoms. The minimum absolute atomic E-state index is 0.256. The van der Waals surface area contributed by atoms with Crippen molar-refractivity contribution in [3.05, 3.63) is 34.0 Å². The second-order valence-corrected chi connectivity index (χ2v) is 3.48. The van der Waals surface area contributed by atoms with E-state index in [-0.39, 0.29) is 10.6 Å². The largest absolute Gasteiger partial charge is 0.265 e. The summed E-state index contributed by atoms with van der Waals surface area (Å²) < 4.78 is 0. The molecule has 2 aliphatic rings. The first kappa shape index (κ1) is 7.53. The van der Waals surface area contributed by atoms with Gasteiger partial charge in [0, 0.05) is 6.08 Å². The van der Waals surface area contributed by atoms with Gasteiger partial charge < -0.3 is 0 Å². The number of hydrogen-bond acceptors (Lipinski definition) is 2. The molecule has 12 heavy (non-hydrogen) atoms. The van der Waals surface area contributed by atoms with Gasteiger partial charge in [0.05, 0.1) is 4.92 Å². The zero-order chi connectivity index (χ0) is 8.55. The Bertz CT molecular complexity index is 264. The monoisotopic (exact) mass is 165 g/mol.